The van der Waals surface area contributed by atoms with Gasteiger partial charge in [0.15, 0.2) is 6.10 Å². The average Bonchev–Trinajstić information content (AvgIpc) is 3.35. The molecule has 1 aromatic heterocycles. The van der Waals surface area contributed by atoms with Crippen molar-refractivity contribution in [2.75, 3.05) is 0 Å². The number of hydrogen-bond donors (Lipinski definition) is 0. The number of carbonyl (C=O) groups excluding carboxylic acids is 4. The molecule has 2 aliphatic carbocycles. The summed E-state index contributed by atoms with van der Waals surface area (Å²) in [5, 5.41) is 0. The summed E-state index contributed by atoms with van der Waals surface area (Å²) in [4.78, 5) is 53.4. The van der Waals surface area contributed by atoms with Gasteiger partial charge in [0.25, 0.3) is 0 Å². The molecule has 0 aromatic carbocycles. The van der Waals surface area contributed by atoms with Crippen molar-refractivity contribution in [1.29, 1.82) is 0 Å². The second-order valence-electron chi connectivity index (χ2n) is 11.7. The SMILES string of the molecule is CC1(C)OC(=O)C=C[C@]2(C)[C@H]3CC[C@@]4(C)[C@H](c5ccoc5)OC(=O)[C@H]5O[C@]54[C@]3(C)C(=O)C(=O)[C@@H]12. The molecular formula is C26H28O8. The minimum absolute atomic E-state index is 0.353. The molecule has 8 nitrogen and oxygen atoms in total. The van der Waals surface area contributed by atoms with E-state index in [0.29, 0.717) is 18.4 Å². The summed E-state index contributed by atoms with van der Waals surface area (Å²) >= 11 is 0. The smallest absolute Gasteiger partial charge is 0.339 e. The van der Waals surface area contributed by atoms with Crippen molar-refractivity contribution >= 4 is 23.5 Å². The quantitative estimate of drug-likeness (QED) is 0.351. The van der Waals surface area contributed by atoms with E-state index < -0.39 is 69.1 Å². The van der Waals surface area contributed by atoms with Crippen molar-refractivity contribution in [3.63, 3.8) is 0 Å². The molecule has 180 valence electrons. The van der Waals surface area contributed by atoms with Crippen LogP contribution < -0.4 is 0 Å². The Kier molecular flexibility index (Phi) is 3.90. The lowest BCUT2D eigenvalue weighted by molar-refractivity contribution is -0.213. The number of furan rings is 1. The van der Waals surface area contributed by atoms with Gasteiger partial charge in [-0.25, -0.2) is 9.59 Å². The molecule has 2 saturated heterocycles. The third-order valence-corrected chi connectivity index (χ3v) is 9.73. The van der Waals surface area contributed by atoms with Crippen LogP contribution in [0.5, 0.6) is 0 Å². The molecular weight excluding hydrogens is 440 g/mol. The average molecular weight is 469 g/mol. The molecule has 0 amide bonds. The van der Waals surface area contributed by atoms with Crippen LogP contribution in [0.2, 0.25) is 0 Å². The Hall–Kier alpha value is -2.74. The summed E-state index contributed by atoms with van der Waals surface area (Å²) < 4.78 is 22.9. The van der Waals surface area contributed by atoms with Crippen molar-refractivity contribution < 1.29 is 37.8 Å². The molecule has 8 heteroatoms. The molecule has 34 heavy (non-hydrogen) atoms. The maximum Gasteiger partial charge on any atom is 0.339 e. The van der Waals surface area contributed by atoms with Crippen LogP contribution in [0.15, 0.2) is 35.2 Å². The van der Waals surface area contributed by atoms with Crippen LogP contribution in [0.4, 0.5) is 0 Å². The van der Waals surface area contributed by atoms with E-state index in [1.54, 1.807) is 39.2 Å². The van der Waals surface area contributed by atoms with Crippen molar-refractivity contribution in [2.24, 2.45) is 28.1 Å². The normalized spacial score (nSPS) is 48.5. The summed E-state index contributed by atoms with van der Waals surface area (Å²) in [7, 11) is 0. The van der Waals surface area contributed by atoms with E-state index in [-0.39, 0.29) is 5.92 Å². The number of epoxide rings is 1. The zero-order valence-electron chi connectivity index (χ0n) is 19.9. The highest BCUT2D eigenvalue weighted by Gasteiger charge is 2.89. The highest BCUT2D eigenvalue weighted by atomic mass is 16.7. The van der Waals surface area contributed by atoms with Crippen molar-refractivity contribution in [3.05, 3.63) is 36.3 Å². The minimum atomic E-state index is -1.29. The molecule has 1 spiro atoms. The number of ether oxygens (including phenoxy) is 3. The molecule has 4 fully saturated rings. The van der Waals surface area contributed by atoms with Gasteiger partial charge in [0.1, 0.15) is 17.3 Å². The zero-order chi connectivity index (χ0) is 24.5. The summed E-state index contributed by atoms with van der Waals surface area (Å²) in [6.07, 6.45) is 5.75. The number of ketones is 2. The maximum absolute atomic E-state index is 14.1. The number of cyclic esters (lactones) is 2. The van der Waals surface area contributed by atoms with E-state index in [1.807, 2.05) is 13.8 Å². The lowest BCUT2D eigenvalue weighted by Gasteiger charge is -2.64. The van der Waals surface area contributed by atoms with Gasteiger partial charge >= 0.3 is 11.9 Å². The van der Waals surface area contributed by atoms with E-state index in [0.717, 1.165) is 0 Å². The van der Waals surface area contributed by atoms with Crippen LogP contribution in [-0.2, 0) is 33.4 Å². The fraction of sp³-hybridized carbons (Fsp3) is 0.615. The molecule has 0 unspecified atom stereocenters. The van der Waals surface area contributed by atoms with E-state index in [4.69, 9.17) is 18.6 Å². The fourth-order valence-corrected chi connectivity index (χ4v) is 8.47. The summed E-state index contributed by atoms with van der Waals surface area (Å²) in [5.41, 5.74) is -4.57. The topological polar surface area (TPSA) is 112 Å². The Balaban J connectivity index is 1.56. The highest BCUT2D eigenvalue weighted by molar-refractivity contribution is 6.41. The zero-order valence-corrected chi connectivity index (χ0v) is 19.9. The molecule has 8 atom stereocenters. The number of Topliss-reactive ketones (excluding diaryl/α,β-unsaturated/α-hetero) is 2. The number of carbonyl (C=O) groups is 4. The second kappa shape index (κ2) is 6.08. The Morgan fingerprint density at radius 2 is 1.74 bits per heavy atom. The molecule has 5 aliphatic rings. The van der Waals surface area contributed by atoms with Crippen molar-refractivity contribution in [2.45, 2.75) is 70.9 Å². The number of rotatable bonds is 1. The minimum Gasteiger partial charge on any atom is -0.472 e. The largest absolute Gasteiger partial charge is 0.472 e. The van der Waals surface area contributed by atoms with Crippen molar-refractivity contribution in [3.8, 4) is 0 Å². The monoisotopic (exact) mass is 468 g/mol. The summed E-state index contributed by atoms with van der Waals surface area (Å²) in [6, 6.07) is 1.75. The molecule has 6 rings (SSSR count). The van der Waals surface area contributed by atoms with E-state index in [9.17, 15) is 19.2 Å². The first-order chi connectivity index (χ1) is 15.8. The van der Waals surface area contributed by atoms with Gasteiger partial charge < -0.3 is 18.6 Å². The van der Waals surface area contributed by atoms with E-state index >= 15 is 0 Å². The van der Waals surface area contributed by atoms with Gasteiger partial charge in [0, 0.05) is 22.5 Å². The van der Waals surface area contributed by atoms with E-state index in [2.05, 4.69) is 0 Å². The first kappa shape index (κ1) is 21.8. The summed E-state index contributed by atoms with van der Waals surface area (Å²) in [6.45, 7) is 9.05. The molecule has 0 radical (unpaired) electrons. The molecule has 0 N–H and O–H groups in total. The van der Waals surface area contributed by atoms with Gasteiger partial charge in [-0.05, 0) is 45.6 Å². The predicted molar refractivity (Wildman–Crippen MR) is 115 cm³/mol. The highest BCUT2D eigenvalue weighted by Crippen LogP contribution is 2.78. The lowest BCUT2D eigenvalue weighted by atomic mass is 9.37. The van der Waals surface area contributed by atoms with Crippen LogP contribution in [-0.4, -0.2) is 40.8 Å². The Bertz CT molecular complexity index is 1180. The molecule has 1 aromatic rings. The first-order valence-electron chi connectivity index (χ1n) is 11.8. The predicted octanol–water partition coefficient (Wildman–Crippen LogP) is 3.10. The van der Waals surface area contributed by atoms with Crippen molar-refractivity contribution in [1.82, 2.24) is 0 Å². The molecule has 2 saturated carbocycles. The standard InChI is InChI=1S/C26H28O8/c1-22(2)17-16(28)18(29)25(5)14(23(17,3)9-7-15(27)33-22)6-10-24(4)19(13-8-11-31-12-13)32-21(30)20-26(24,25)34-20/h7-9,11-12,14,17,19-20H,6,10H2,1-5H3/t14-,17+,19+,20-,23-,24+,25+,26-/m1/s1. The first-order valence-corrected chi connectivity index (χ1v) is 11.8. The van der Waals surface area contributed by atoms with Gasteiger partial charge in [0.2, 0.25) is 11.6 Å². The number of fused-ring (bicyclic) bond motifs is 3. The maximum atomic E-state index is 14.1. The molecule has 3 aliphatic heterocycles. The van der Waals surface area contributed by atoms with Crippen LogP contribution >= 0.6 is 0 Å². The third-order valence-electron chi connectivity index (χ3n) is 9.73. The summed E-state index contributed by atoms with van der Waals surface area (Å²) in [5.74, 6) is -3.41. The Labute approximate surface area is 197 Å². The lowest BCUT2D eigenvalue weighted by Crippen LogP contribution is -2.73. The third kappa shape index (κ3) is 2.15. The van der Waals surface area contributed by atoms with Gasteiger partial charge in [-0.3, -0.25) is 9.59 Å². The van der Waals surface area contributed by atoms with Crippen LogP contribution in [0.1, 0.15) is 59.1 Å². The molecule has 4 heterocycles. The van der Waals surface area contributed by atoms with Crippen LogP contribution in [0, 0.1) is 28.1 Å². The second-order valence-corrected chi connectivity index (χ2v) is 11.7. The number of hydrogen-bond acceptors (Lipinski definition) is 8. The molecule has 0 bridgehead atoms. The van der Waals surface area contributed by atoms with E-state index in [1.165, 1.54) is 12.3 Å². The van der Waals surface area contributed by atoms with Gasteiger partial charge in [-0.15, -0.1) is 0 Å². The van der Waals surface area contributed by atoms with Gasteiger partial charge in [-0.2, -0.15) is 0 Å². The Morgan fingerprint density at radius 1 is 1.00 bits per heavy atom. The fourth-order valence-electron chi connectivity index (χ4n) is 8.47. The van der Waals surface area contributed by atoms with Crippen LogP contribution in [0.25, 0.3) is 0 Å². The number of allylic oxidation sites excluding steroid dienone is 1. The number of esters is 2. The van der Waals surface area contributed by atoms with Crippen LogP contribution in [0.3, 0.4) is 0 Å². The van der Waals surface area contributed by atoms with Gasteiger partial charge in [0.05, 0.1) is 23.9 Å². The van der Waals surface area contributed by atoms with Gasteiger partial charge in [-0.1, -0.05) is 19.9 Å². The Morgan fingerprint density at radius 3 is 2.41 bits per heavy atom.